The molecule has 13 heteroatoms. The van der Waals surface area contributed by atoms with E-state index in [1.165, 1.54) is 30.8 Å². The molecular formula is C46H71N5O8. The summed E-state index contributed by atoms with van der Waals surface area (Å²) in [5.41, 5.74) is 2.12. The van der Waals surface area contributed by atoms with Gasteiger partial charge in [-0.15, -0.1) is 0 Å². The van der Waals surface area contributed by atoms with Crippen molar-refractivity contribution < 1.29 is 38.3 Å². The lowest BCUT2D eigenvalue weighted by molar-refractivity contribution is -0.154. The van der Waals surface area contributed by atoms with E-state index in [4.69, 9.17) is 4.74 Å². The normalized spacial score (nSPS) is 28.9. The molecule has 2 rings (SSSR count). The molecule has 1 aliphatic rings. The average molecular weight is 822 g/mol. The van der Waals surface area contributed by atoms with Crippen LogP contribution in [-0.4, -0.2) is 102 Å². The number of cyclic esters (lactones) is 1. The van der Waals surface area contributed by atoms with Crippen LogP contribution in [0.25, 0.3) is 0 Å². The van der Waals surface area contributed by atoms with Crippen LogP contribution in [0.2, 0.25) is 0 Å². The molecule has 1 aromatic rings. The fourth-order valence-electron chi connectivity index (χ4n) is 7.19. The first kappa shape index (κ1) is 50.3. The maximum atomic E-state index is 14.2. The molecule has 9 atom stereocenters. The molecule has 0 bridgehead atoms. The summed E-state index contributed by atoms with van der Waals surface area (Å²) < 4.78 is 5.77. The molecule has 1 aliphatic heterocycles. The van der Waals surface area contributed by atoms with Gasteiger partial charge in [0.1, 0.15) is 18.1 Å². The van der Waals surface area contributed by atoms with Gasteiger partial charge in [0.05, 0.1) is 12.6 Å². The van der Waals surface area contributed by atoms with E-state index in [0.29, 0.717) is 18.4 Å². The van der Waals surface area contributed by atoms with Crippen molar-refractivity contribution in [2.75, 3.05) is 20.6 Å². The summed E-state index contributed by atoms with van der Waals surface area (Å²) in [4.78, 5) is 98.7. The van der Waals surface area contributed by atoms with Crippen LogP contribution in [-0.2, 0) is 44.7 Å². The highest BCUT2D eigenvalue weighted by Crippen LogP contribution is 2.33. The second-order valence-electron chi connectivity index (χ2n) is 17.0. The van der Waals surface area contributed by atoms with Crippen molar-refractivity contribution in [1.29, 1.82) is 0 Å². The van der Waals surface area contributed by atoms with Gasteiger partial charge in [-0.05, 0) is 82.6 Å². The van der Waals surface area contributed by atoms with Gasteiger partial charge in [-0.25, -0.2) is 4.79 Å². The second-order valence-corrected chi connectivity index (χ2v) is 17.0. The topological polar surface area (TPSA) is 171 Å². The number of ether oxygens (including phenoxy) is 1. The van der Waals surface area contributed by atoms with E-state index in [9.17, 15) is 33.6 Å². The molecule has 5 amide bonds. The lowest BCUT2D eigenvalue weighted by atomic mass is 9.75. The Kier molecular flexibility index (Phi) is 20.2. The third-order valence-corrected chi connectivity index (χ3v) is 11.9. The Morgan fingerprint density at radius 2 is 1.49 bits per heavy atom. The number of ketones is 1. The smallest absolute Gasteiger partial charge is 0.334 e. The largest absolute Gasteiger partial charge is 0.449 e. The molecule has 0 radical (unpaired) electrons. The summed E-state index contributed by atoms with van der Waals surface area (Å²) in [6.45, 7) is 19.9. The number of nitrogens with zero attached hydrogens (tertiary/aromatic N) is 2. The summed E-state index contributed by atoms with van der Waals surface area (Å²) in [5, 5.41) is 8.35. The monoisotopic (exact) mass is 822 g/mol. The first-order valence-electron chi connectivity index (χ1n) is 21.1. The fourth-order valence-corrected chi connectivity index (χ4v) is 7.19. The van der Waals surface area contributed by atoms with E-state index >= 15 is 0 Å². The first-order chi connectivity index (χ1) is 27.6. The molecule has 0 aromatic heterocycles. The summed E-state index contributed by atoms with van der Waals surface area (Å²) in [7, 11) is 2.92. The second kappa shape index (κ2) is 23.7. The van der Waals surface area contributed by atoms with Gasteiger partial charge in [-0.3, -0.25) is 28.8 Å². The van der Waals surface area contributed by atoms with Crippen molar-refractivity contribution in [1.82, 2.24) is 25.8 Å². The predicted molar refractivity (Wildman–Crippen MR) is 230 cm³/mol. The number of rotatable bonds is 7. The number of benzene rings is 1. The number of hydrogen-bond acceptors (Lipinski definition) is 8. The molecule has 328 valence electrons. The molecule has 0 spiro atoms. The number of Topliss-reactive ketones (excluding diaryl/α,β-unsaturated/α-hetero) is 1. The Labute approximate surface area is 352 Å². The minimum atomic E-state index is -1.18. The molecular weight excluding hydrogens is 751 g/mol. The minimum Gasteiger partial charge on any atom is -0.449 e. The Bertz CT molecular complexity index is 1690. The summed E-state index contributed by atoms with van der Waals surface area (Å²) in [6, 6.07) is 5.12. The van der Waals surface area contributed by atoms with Crippen LogP contribution < -0.4 is 16.0 Å². The molecule has 0 aliphatic carbocycles. The van der Waals surface area contributed by atoms with E-state index in [2.05, 4.69) is 29.8 Å². The van der Waals surface area contributed by atoms with E-state index < -0.39 is 72.3 Å². The van der Waals surface area contributed by atoms with E-state index in [1.807, 2.05) is 78.0 Å². The van der Waals surface area contributed by atoms with Gasteiger partial charge >= 0.3 is 5.97 Å². The highest BCUT2D eigenvalue weighted by atomic mass is 16.5. The van der Waals surface area contributed by atoms with Crippen LogP contribution in [0.1, 0.15) is 107 Å². The van der Waals surface area contributed by atoms with Gasteiger partial charge in [0.2, 0.25) is 23.6 Å². The van der Waals surface area contributed by atoms with Crippen molar-refractivity contribution in [3.05, 3.63) is 59.2 Å². The number of esters is 1. The number of carbonyl (C=O) groups excluding carboxylic acids is 7. The van der Waals surface area contributed by atoms with Crippen LogP contribution in [0.3, 0.4) is 0 Å². The van der Waals surface area contributed by atoms with Crippen molar-refractivity contribution in [2.45, 2.75) is 139 Å². The van der Waals surface area contributed by atoms with E-state index in [0.717, 1.165) is 11.1 Å². The number of nitrogens with one attached hydrogen (secondary N) is 3. The van der Waals surface area contributed by atoms with Crippen molar-refractivity contribution in [3.63, 3.8) is 0 Å². The Balaban J connectivity index is 2.62. The van der Waals surface area contributed by atoms with Crippen LogP contribution in [0, 0.1) is 29.6 Å². The third kappa shape index (κ3) is 15.1. The molecule has 59 heavy (non-hydrogen) atoms. The highest BCUT2D eigenvalue weighted by molar-refractivity contribution is 5.96. The van der Waals surface area contributed by atoms with Gasteiger partial charge in [0, 0.05) is 32.5 Å². The zero-order valence-electron chi connectivity index (χ0n) is 37.7. The minimum absolute atomic E-state index is 0.00689. The summed E-state index contributed by atoms with van der Waals surface area (Å²) in [6.07, 6.45) is 4.15. The van der Waals surface area contributed by atoms with E-state index in [1.54, 1.807) is 19.9 Å². The summed E-state index contributed by atoms with van der Waals surface area (Å²) in [5.74, 6) is -4.07. The van der Waals surface area contributed by atoms with Gasteiger partial charge in [0.15, 0.2) is 11.9 Å². The first-order valence-corrected chi connectivity index (χ1v) is 21.1. The molecule has 1 aromatic carbocycles. The number of amides is 5. The lowest BCUT2D eigenvalue weighted by Gasteiger charge is -2.33. The zero-order valence-corrected chi connectivity index (χ0v) is 37.7. The predicted octanol–water partition coefficient (Wildman–Crippen LogP) is 5.18. The maximum absolute atomic E-state index is 14.2. The van der Waals surface area contributed by atoms with Crippen LogP contribution in [0.5, 0.6) is 0 Å². The molecule has 9 unspecified atom stereocenters. The van der Waals surface area contributed by atoms with Crippen LogP contribution in [0.4, 0.5) is 0 Å². The van der Waals surface area contributed by atoms with Gasteiger partial charge in [-0.2, -0.15) is 0 Å². The lowest BCUT2D eigenvalue weighted by Crippen LogP contribution is -2.57. The quantitative estimate of drug-likeness (QED) is 0.250. The Morgan fingerprint density at radius 1 is 0.881 bits per heavy atom. The number of likely N-dealkylation sites (N-methyl/N-ethyl adjacent to an activating group) is 2. The zero-order chi connectivity index (χ0) is 44.7. The van der Waals surface area contributed by atoms with Crippen molar-refractivity contribution >= 4 is 41.3 Å². The fraction of sp³-hybridized carbons (Fsp3) is 0.630. The molecule has 1 heterocycles. The molecule has 0 saturated carbocycles. The van der Waals surface area contributed by atoms with Gasteiger partial charge in [0.25, 0.3) is 5.91 Å². The van der Waals surface area contributed by atoms with Crippen molar-refractivity contribution in [3.8, 4) is 0 Å². The average Bonchev–Trinajstić information content (AvgIpc) is 3.20. The highest BCUT2D eigenvalue weighted by Gasteiger charge is 2.36. The Morgan fingerprint density at radius 3 is 2.07 bits per heavy atom. The van der Waals surface area contributed by atoms with E-state index in [-0.39, 0.29) is 54.6 Å². The van der Waals surface area contributed by atoms with Gasteiger partial charge < -0.3 is 30.5 Å². The Hall–Kier alpha value is -4.81. The molecule has 3 N–H and O–H groups in total. The number of allylic oxidation sites excluding steroid dienone is 3. The number of hydrogen-bond donors (Lipinski definition) is 3. The standard InChI is InChI=1S/C46H71N5O8/c1-14-28(5)36-25-38(52)33(10)47-43(55)41(29(6)15-2)49-40(53)26-50(12)45(57)37(24-35-19-17-16-18-20-35)51(13)44(56)34(11)48-42(54)39(23-27(3)4)59-46(58)31(8)22-21-30(7)32(36)9/h14,16-20,22,27,29-30,32-34,36-37,39,41H,15,21,23-26H2,1-13H3,(H,47,55)(H,48,54)(H,49,53)/b28-14+,31-22+. The molecule has 0 saturated heterocycles. The van der Waals surface area contributed by atoms with Gasteiger partial charge in [-0.1, -0.05) is 96.0 Å². The molecule has 13 nitrogen and oxygen atoms in total. The SMILES string of the molecule is C/C=C(\C)C1CC(=O)C(C)NC(=O)C(C(C)CC)NC(=O)CN(C)C(=O)C(Cc2ccccc2)N(C)C(=O)C(C)NC(=O)C(CC(C)C)OC(=O)/C(C)=C/CC(C)C1C. The summed E-state index contributed by atoms with van der Waals surface area (Å²) >= 11 is 0. The van der Waals surface area contributed by atoms with Crippen molar-refractivity contribution in [2.24, 2.45) is 29.6 Å². The number of carbonyl (C=O) groups is 7. The van der Waals surface area contributed by atoms with Crippen LogP contribution >= 0.6 is 0 Å². The maximum Gasteiger partial charge on any atom is 0.334 e. The molecule has 0 fully saturated rings. The van der Waals surface area contributed by atoms with Crippen LogP contribution in [0.15, 0.2) is 53.6 Å². The third-order valence-electron chi connectivity index (χ3n) is 11.9.